The Morgan fingerprint density at radius 1 is 1.31 bits per heavy atom. The minimum absolute atomic E-state index is 0.0988. The van der Waals surface area contributed by atoms with Crippen LogP contribution in [0.2, 0.25) is 0 Å². The van der Waals surface area contributed by atoms with Crippen molar-refractivity contribution in [2.75, 3.05) is 0 Å². The molecule has 82 valence electrons. The molecule has 0 aliphatic carbocycles. The SMILES string of the molecule is Cc1nc(-c2ccc(Br)cc2)[nH]c(=O)c1F. The Morgan fingerprint density at radius 2 is 1.94 bits per heavy atom. The second-order valence-corrected chi connectivity index (χ2v) is 4.24. The van der Waals surface area contributed by atoms with Crippen molar-refractivity contribution in [3.8, 4) is 11.4 Å². The molecule has 0 spiro atoms. The van der Waals surface area contributed by atoms with Crippen LogP contribution in [-0.4, -0.2) is 9.97 Å². The molecule has 0 fully saturated rings. The summed E-state index contributed by atoms with van der Waals surface area (Å²) in [5, 5.41) is 0. The second kappa shape index (κ2) is 4.17. The first-order chi connectivity index (χ1) is 7.58. The molecule has 0 aliphatic heterocycles. The van der Waals surface area contributed by atoms with E-state index < -0.39 is 11.4 Å². The summed E-state index contributed by atoms with van der Waals surface area (Å²) in [6, 6.07) is 7.24. The molecule has 1 N–H and O–H groups in total. The Balaban J connectivity index is 2.57. The Kier molecular flexibility index (Phi) is 2.87. The van der Waals surface area contributed by atoms with Crippen LogP contribution >= 0.6 is 15.9 Å². The van der Waals surface area contributed by atoms with Gasteiger partial charge in [-0.05, 0) is 19.1 Å². The number of aromatic amines is 1. The average molecular weight is 283 g/mol. The molecule has 0 aliphatic rings. The quantitative estimate of drug-likeness (QED) is 0.874. The van der Waals surface area contributed by atoms with Gasteiger partial charge in [-0.15, -0.1) is 0 Å². The lowest BCUT2D eigenvalue weighted by Gasteiger charge is -2.02. The van der Waals surface area contributed by atoms with Crippen molar-refractivity contribution in [3.05, 3.63) is 50.6 Å². The zero-order chi connectivity index (χ0) is 11.7. The number of hydrogen-bond acceptors (Lipinski definition) is 2. The van der Waals surface area contributed by atoms with E-state index in [4.69, 9.17) is 0 Å². The summed E-state index contributed by atoms with van der Waals surface area (Å²) in [6.45, 7) is 1.47. The zero-order valence-corrected chi connectivity index (χ0v) is 10.0. The van der Waals surface area contributed by atoms with Crippen molar-refractivity contribution in [2.24, 2.45) is 0 Å². The van der Waals surface area contributed by atoms with Gasteiger partial charge in [-0.25, -0.2) is 4.98 Å². The number of hydrogen-bond donors (Lipinski definition) is 1. The Labute approximate surface area is 99.5 Å². The third-order valence-electron chi connectivity index (χ3n) is 2.15. The minimum atomic E-state index is -0.833. The third kappa shape index (κ3) is 2.04. The normalized spacial score (nSPS) is 10.4. The topological polar surface area (TPSA) is 45.8 Å². The van der Waals surface area contributed by atoms with Crippen LogP contribution in [0.4, 0.5) is 4.39 Å². The van der Waals surface area contributed by atoms with Crippen molar-refractivity contribution in [3.63, 3.8) is 0 Å². The second-order valence-electron chi connectivity index (χ2n) is 3.32. The molecule has 0 atom stereocenters. The maximum Gasteiger partial charge on any atom is 0.287 e. The van der Waals surface area contributed by atoms with Gasteiger partial charge in [0.05, 0.1) is 5.69 Å². The summed E-state index contributed by atoms with van der Waals surface area (Å²) in [4.78, 5) is 17.6. The van der Waals surface area contributed by atoms with E-state index >= 15 is 0 Å². The van der Waals surface area contributed by atoms with E-state index in [9.17, 15) is 9.18 Å². The minimum Gasteiger partial charge on any atom is -0.304 e. The van der Waals surface area contributed by atoms with Crippen LogP contribution in [0.25, 0.3) is 11.4 Å². The smallest absolute Gasteiger partial charge is 0.287 e. The van der Waals surface area contributed by atoms with E-state index in [1.807, 2.05) is 12.1 Å². The molecule has 5 heteroatoms. The fraction of sp³-hybridized carbons (Fsp3) is 0.0909. The highest BCUT2D eigenvalue weighted by molar-refractivity contribution is 9.10. The van der Waals surface area contributed by atoms with Crippen molar-refractivity contribution in [1.82, 2.24) is 9.97 Å². The van der Waals surface area contributed by atoms with Gasteiger partial charge >= 0.3 is 0 Å². The van der Waals surface area contributed by atoms with E-state index in [-0.39, 0.29) is 5.69 Å². The van der Waals surface area contributed by atoms with Crippen molar-refractivity contribution in [2.45, 2.75) is 6.92 Å². The largest absolute Gasteiger partial charge is 0.304 e. The van der Waals surface area contributed by atoms with E-state index in [1.165, 1.54) is 6.92 Å². The first-order valence-electron chi connectivity index (χ1n) is 4.60. The summed E-state index contributed by atoms with van der Waals surface area (Å²) in [5.41, 5.74) is 0.0930. The number of nitrogens with one attached hydrogen (secondary N) is 1. The number of aryl methyl sites for hydroxylation is 1. The van der Waals surface area contributed by atoms with E-state index in [0.717, 1.165) is 10.0 Å². The Bertz CT molecular complexity index is 578. The van der Waals surface area contributed by atoms with Crippen LogP contribution in [-0.2, 0) is 0 Å². The van der Waals surface area contributed by atoms with Crippen LogP contribution in [0.3, 0.4) is 0 Å². The molecule has 2 rings (SSSR count). The number of H-pyrrole nitrogens is 1. The predicted molar refractivity (Wildman–Crippen MR) is 62.7 cm³/mol. The molecule has 1 aromatic heterocycles. The zero-order valence-electron chi connectivity index (χ0n) is 8.42. The first kappa shape index (κ1) is 11.0. The number of halogens is 2. The van der Waals surface area contributed by atoms with E-state index in [0.29, 0.717) is 5.82 Å². The van der Waals surface area contributed by atoms with Crippen LogP contribution in [0, 0.1) is 12.7 Å². The summed E-state index contributed by atoms with van der Waals surface area (Å²) >= 11 is 3.31. The number of aromatic nitrogens is 2. The number of nitrogens with zero attached hydrogens (tertiary/aromatic N) is 1. The molecule has 16 heavy (non-hydrogen) atoms. The lowest BCUT2D eigenvalue weighted by molar-refractivity contribution is 0.589. The molecule has 1 heterocycles. The maximum absolute atomic E-state index is 13.1. The molecule has 0 unspecified atom stereocenters. The van der Waals surface area contributed by atoms with Crippen molar-refractivity contribution >= 4 is 15.9 Å². The molecule has 0 radical (unpaired) electrons. The molecular formula is C11H8BrFN2O. The summed E-state index contributed by atoms with van der Waals surface area (Å²) in [7, 11) is 0. The van der Waals surface area contributed by atoms with Gasteiger partial charge < -0.3 is 4.98 Å². The van der Waals surface area contributed by atoms with Gasteiger partial charge in [0.15, 0.2) is 0 Å². The standard InChI is InChI=1S/C11H8BrFN2O/c1-6-9(13)11(16)15-10(14-6)7-2-4-8(12)5-3-7/h2-5H,1H3,(H,14,15,16). The molecule has 0 saturated carbocycles. The predicted octanol–water partition coefficient (Wildman–Crippen LogP) is 2.65. The summed E-state index contributed by atoms with van der Waals surface area (Å²) in [6.07, 6.45) is 0. The first-order valence-corrected chi connectivity index (χ1v) is 5.39. The fourth-order valence-corrected chi connectivity index (χ4v) is 1.58. The van der Waals surface area contributed by atoms with E-state index in [1.54, 1.807) is 12.1 Å². The molecule has 1 aromatic carbocycles. The van der Waals surface area contributed by atoms with Crippen LogP contribution in [0.15, 0.2) is 33.5 Å². The monoisotopic (exact) mass is 282 g/mol. The molecular weight excluding hydrogens is 275 g/mol. The van der Waals surface area contributed by atoms with Crippen LogP contribution in [0.5, 0.6) is 0 Å². The van der Waals surface area contributed by atoms with Gasteiger partial charge in [-0.1, -0.05) is 28.1 Å². The summed E-state index contributed by atoms with van der Waals surface area (Å²) < 4.78 is 14.0. The van der Waals surface area contributed by atoms with E-state index in [2.05, 4.69) is 25.9 Å². The highest BCUT2D eigenvalue weighted by Gasteiger charge is 2.08. The lowest BCUT2D eigenvalue weighted by atomic mass is 10.2. The number of rotatable bonds is 1. The highest BCUT2D eigenvalue weighted by atomic mass is 79.9. The van der Waals surface area contributed by atoms with Gasteiger partial charge in [-0.3, -0.25) is 4.79 Å². The lowest BCUT2D eigenvalue weighted by Crippen LogP contribution is -2.15. The van der Waals surface area contributed by atoms with Gasteiger partial charge in [0.1, 0.15) is 5.82 Å². The summed E-state index contributed by atoms with van der Waals surface area (Å²) in [5.74, 6) is -0.461. The molecule has 0 saturated heterocycles. The van der Waals surface area contributed by atoms with Gasteiger partial charge in [0, 0.05) is 10.0 Å². The van der Waals surface area contributed by atoms with Gasteiger partial charge in [0.25, 0.3) is 5.56 Å². The van der Waals surface area contributed by atoms with Crippen molar-refractivity contribution < 1.29 is 4.39 Å². The van der Waals surface area contributed by atoms with Gasteiger partial charge in [0.2, 0.25) is 5.82 Å². The molecule has 2 aromatic rings. The third-order valence-corrected chi connectivity index (χ3v) is 2.67. The Hall–Kier alpha value is -1.49. The average Bonchev–Trinajstić information content (AvgIpc) is 2.26. The fourth-order valence-electron chi connectivity index (χ4n) is 1.32. The van der Waals surface area contributed by atoms with Crippen molar-refractivity contribution in [1.29, 1.82) is 0 Å². The maximum atomic E-state index is 13.1. The number of benzene rings is 1. The van der Waals surface area contributed by atoms with Crippen LogP contribution < -0.4 is 5.56 Å². The Morgan fingerprint density at radius 3 is 2.50 bits per heavy atom. The molecule has 0 bridgehead atoms. The highest BCUT2D eigenvalue weighted by Crippen LogP contribution is 2.17. The van der Waals surface area contributed by atoms with Crippen LogP contribution in [0.1, 0.15) is 5.69 Å². The van der Waals surface area contributed by atoms with Gasteiger partial charge in [-0.2, -0.15) is 4.39 Å². The molecule has 0 amide bonds. The molecule has 3 nitrogen and oxygen atoms in total.